The van der Waals surface area contributed by atoms with Crippen LogP contribution >= 0.6 is 11.6 Å². The highest BCUT2D eigenvalue weighted by molar-refractivity contribution is 6.30. The van der Waals surface area contributed by atoms with Gasteiger partial charge in [-0.25, -0.2) is 0 Å². The molecule has 0 fully saturated rings. The Morgan fingerprint density at radius 2 is 1.34 bits per heavy atom. The first-order chi connectivity index (χ1) is 15.0. The number of nitrogens with one attached hydrogen (secondary N) is 1. The highest BCUT2D eigenvalue weighted by Gasteiger charge is 2.47. The molecule has 0 unspecified atom stereocenters. The molecular weight excluding hydrogens is 422 g/mol. The van der Waals surface area contributed by atoms with Gasteiger partial charge in [0, 0.05) is 46.0 Å². The zero-order valence-electron chi connectivity index (χ0n) is 19.0. The van der Waals surface area contributed by atoms with E-state index in [0.29, 0.717) is 40.5 Å². The fraction of sp³-hybridized carbons (Fsp3) is 0.407. The predicted molar refractivity (Wildman–Crippen MR) is 125 cm³/mol. The minimum absolute atomic E-state index is 0.0994. The van der Waals surface area contributed by atoms with Gasteiger partial charge in [-0.3, -0.25) is 9.59 Å². The van der Waals surface area contributed by atoms with E-state index in [1.807, 2.05) is 36.4 Å². The van der Waals surface area contributed by atoms with E-state index in [4.69, 9.17) is 16.0 Å². The van der Waals surface area contributed by atoms with Crippen molar-refractivity contribution in [1.82, 2.24) is 5.32 Å². The molecule has 1 aliphatic heterocycles. The molecule has 5 rings (SSSR count). The summed E-state index contributed by atoms with van der Waals surface area (Å²) < 4.78 is 6.30. The average molecular weight is 450 g/mol. The molecule has 32 heavy (non-hydrogen) atoms. The summed E-state index contributed by atoms with van der Waals surface area (Å²) in [6.45, 7) is 8.49. The van der Waals surface area contributed by atoms with E-state index in [0.717, 1.165) is 29.8 Å². The van der Waals surface area contributed by atoms with Crippen LogP contribution in [0.2, 0.25) is 5.02 Å². The van der Waals surface area contributed by atoms with E-state index < -0.39 is 5.92 Å². The molecule has 0 spiro atoms. The molecule has 1 aromatic heterocycles. The second-order valence-corrected chi connectivity index (χ2v) is 11.4. The quantitative estimate of drug-likeness (QED) is 0.563. The Morgan fingerprint density at radius 1 is 0.812 bits per heavy atom. The highest BCUT2D eigenvalue weighted by atomic mass is 35.5. The number of halogens is 1. The van der Waals surface area contributed by atoms with Crippen molar-refractivity contribution in [3.05, 3.63) is 69.7 Å². The number of furan rings is 1. The number of benzene rings is 1. The fourth-order valence-electron chi connectivity index (χ4n) is 5.45. The fourth-order valence-corrected chi connectivity index (χ4v) is 5.58. The molecule has 3 aliphatic rings. The van der Waals surface area contributed by atoms with Crippen molar-refractivity contribution in [2.45, 2.75) is 59.3 Å². The molecule has 0 radical (unpaired) electrons. The van der Waals surface area contributed by atoms with E-state index in [2.05, 4.69) is 33.0 Å². The van der Waals surface area contributed by atoms with Crippen LogP contribution in [0, 0.1) is 10.8 Å². The van der Waals surface area contributed by atoms with Gasteiger partial charge in [0.2, 0.25) is 0 Å². The summed E-state index contributed by atoms with van der Waals surface area (Å²) in [5.74, 6) is 1.10. The summed E-state index contributed by atoms with van der Waals surface area (Å²) in [5, 5.41) is 4.20. The summed E-state index contributed by atoms with van der Waals surface area (Å²) in [6, 6.07) is 11.3. The first-order valence-corrected chi connectivity index (χ1v) is 11.6. The first-order valence-electron chi connectivity index (χ1n) is 11.2. The first kappa shape index (κ1) is 21.3. The van der Waals surface area contributed by atoms with E-state index in [9.17, 15) is 9.59 Å². The third-order valence-corrected chi connectivity index (χ3v) is 7.01. The van der Waals surface area contributed by atoms with Crippen LogP contribution in [-0.4, -0.2) is 11.6 Å². The van der Waals surface area contributed by atoms with Gasteiger partial charge < -0.3 is 9.73 Å². The van der Waals surface area contributed by atoms with Gasteiger partial charge in [0.15, 0.2) is 11.6 Å². The van der Waals surface area contributed by atoms with Crippen LogP contribution in [-0.2, 0) is 9.59 Å². The van der Waals surface area contributed by atoms with Gasteiger partial charge in [-0.15, -0.1) is 0 Å². The van der Waals surface area contributed by atoms with Crippen molar-refractivity contribution < 1.29 is 14.0 Å². The Labute approximate surface area is 193 Å². The Kier molecular flexibility index (Phi) is 4.79. The molecule has 2 aromatic rings. The molecule has 0 amide bonds. The minimum Gasteiger partial charge on any atom is -0.460 e. The normalized spacial score (nSPS) is 22.5. The molecule has 1 N–H and O–H groups in total. The predicted octanol–water partition coefficient (Wildman–Crippen LogP) is 6.57. The largest absolute Gasteiger partial charge is 0.460 e. The second kappa shape index (κ2) is 7.21. The number of rotatable bonds is 2. The lowest BCUT2D eigenvalue weighted by molar-refractivity contribution is -0.119. The minimum atomic E-state index is -0.450. The number of allylic oxidation sites excluding steroid dienone is 4. The summed E-state index contributed by atoms with van der Waals surface area (Å²) in [7, 11) is 0. The third kappa shape index (κ3) is 3.65. The van der Waals surface area contributed by atoms with E-state index >= 15 is 0 Å². The Balaban J connectivity index is 1.64. The van der Waals surface area contributed by atoms with Gasteiger partial charge >= 0.3 is 0 Å². The SMILES string of the molecule is CC1(C)CC(=O)C2=C(C1)NC1=C(C(=O)CC(C)(C)C1)C2c1ccc(-c2ccc(Cl)cc2)o1. The maximum atomic E-state index is 13.4. The van der Waals surface area contributed by atoms with Crippen LogP contribution in [0.3, 0.4) is 0 Å². The summed E-state index contributed by atoms with van der Waals surface area (Å²) in [6.07, 6.45) is 2.50. The molecule has 0 bridgehead atoms. The van der Waals surface area contributed by atoms with Crippen LogP contribution in [0.1, 0.15) is 65.1 Å². The molecule has 0 atom stereocenters. The van der Waals surface area contributed by atoms with Crippen molar-refractivity contribution in [1.29, 1.82) is 0 Å². The second-order valence-electron chi connectivity index (χ2n) is 10.9. The molecular formula is C27H28ClNO3. The van der Waals surface area contributed by atoms with Crippen LogP contribution < -0.4 is 5.32 Å². The van der Waals surface area contributed by atoms with Crippen molar-refractivity contribution >= 4 is 23.2 Å². The molecule has 0 saturated carbocycles. The molecule has 5 heteroatoms. The van der Waals surface area contributed by atoms with Crippen LogP contribution in [0.5, 0.6) is 0 Å². The standard InChI is InChI=1S/C27H28ClNO3/c1-26(2)11-17-23(19(30)13-26)25(24-18(29-17)12-27(3,4)14-20(24)31)22-10-9-21(32-22)15-5-7-16(28)8-6-15/h5-10,25,29H,11-14H2,1-4H3. The maximum absolute atomic E-state index is 13.4. The van der Waals surface area contributed by atoms with Gasteiger partial charge in [0.1, 0.15) is 11.5 Å². The number of ketones is 2. The van der Waals surface area contributed by atoms with Crippen molar-refractivity contribution in [3.8, 4) is 11.3 Å². The molecule has 4 nitrogen and oxygen atoms in total. The van der Waals surface area contributed by atoms with Crippen LogP contribution in [0.4, 0.5) is 0 Å². The lowest BCUT2D eigenvalue weighted by Crippen LogP contribution is -2.42. The number of carbonyl (C=O) groups is 2. The summed E-state index contributed by atoms with van der Waals surface area (Å²) in [5.41, 5.74) is 3.98. The van der Waals surface area contributed by atoms with Gasteiger partial charge in [-0.05, 0) is 60.1 Å². The van der Waals surface area contributed by atoms with E-state index in [1.165, 1.54) is 0 Å². The Morgan fingerprint density at radius 3 is 1.88 bits per heavy atom. The average Bonchev–Trinajstić information content (AvgIpc) is 3.14. The topological polar surface area (TPSA) is 59.3 Å². The van der Waals surface area contributed by atoms with E-state index in [1.54, 1.807) is 0 Å². The third-order valence-electron chi connectivity index (χ3n) is 6.76. The van der Waals surface area contributed by atoms with Crippen LogP contribution in [0.15, 0.2) is 63.4 Å². The lowest BCUT2D eigenvalue weighted by Gasteiger charge is -2.43. The molecule has 2 heterocycles. The van der Waals surface area contributed by atoms with Gasteiger partial charge in [-0.2, -0.15) is 0 Å². The number of dihydropyridines is 1. The number of Topliss-reactive ketones (excluding diaryl/α,β-unsaturated/α-hetero) is 2. The monoisotopic (exact) mass is 449 g/mol. The lowest BCUT2D eigenvalue weighted by atomic mass is 9.65. The van der Waals surface area contributed by atoms with Gasteiger partial charge in [0.25, 0.3) is 0 Å². The summed E-state index contributed by atoms with van der Waals surface area (Å²) >= 11 is 6.03. The molecule has 1 aromatic carbocycles. The molecule has 0 saturated heterocycles. The number of carbonyl (C=O) groups excluding carboxylic acids is 2. The van der Waals surface area contributed by atoms with Crippen molar-refractivity contribution in [2.75, 3.05) is 0 Å². The molecule has 2 aliphatic carbocycles. The van der Waals surface area contributed by atoms with Crippen molar-refractivity contribution in [2.24, 2.45) is 10.8 Å². The highest BCUT2D eigenvalue weighted by Crippen LogP contribution is 2.51. The van der Waals surface area contributed by atoms with Gasteiger partial charge in [-0.1, -0.05) is 39.3 Å². The summed E-state index contributed by atoms with van der Waals surface area (Å²) in [4.78, 5) is 26.7. The zero-order valence-corrected chi connectivity index (χ0v) is 19.7. The van der Waals surface area contributed by atoms with E-state index in [-0.39, 0.29) is 22.4 Å². The Hall–Kier alpha value is -2.59. The Bertz CT molecular complexity index is 1140. The smallest absolute Gasteiger partial charge is 0.162 e. The maximum Gasteiger partial charge on any atom is 0.162 e. The zero-order chi connectivity index (χ0) is 22.8. The molecule has 166 valence electrons. The van der Waals surface area contributed by atoms with Gasteiger partial charge in [0.05, 0.1) is 5.92 Å². The number of hydrogen-bond acceptors (Lipinski definition) is 4. The number of hydrogen-bond donors (Lipinski definition) is 1. The van der Waals surface area contributed by atoms with Crippen LogP contribution in [0.25, 0.3) is 11.3 Å². The van der Waals surface area contributed by atoms with Crippen molar-refractivity contribution in [3.63, 3.8) is 0 Å².